The average molecular weight is 414 g/mol. The summed E-state index contributed by atoms with van der Waals surface area (Å²) in [6.45, 7) is 14.2. The van der Waals surface area contributed by atoms with Crippen molar-refractivity contribution in [3.63, 3.8) is 0 Å². The molecule has 1 fully saturated rings. The van der Waals surface area contributed by atoms with Crippen molar-refractivity contribution in [2.75, 3.05) is 25.6 Å². The van der Waals surface area contributed by atoms with Gasteiger partial charge in [-0.25, -0.2) is 0 Å². The Balaban J connectivity index is 3.22. The van der Waals surface area contributed by atoms with Gasteiger partial charge in [0.15, 0.2) is 0 Å². The number of nitrogens with zero attached hydrogens (tertiary/aromatic N) is 3. The number of rotatable bonds is 13. The van der Waals surface area contributed by atoms with Crippen LogP contribution in [0.3, 0.4) is 0 Å². The van der Waals surface area contributed by atoms with Gasteiger partial charge in [0.25, 0.3) is 0 Å². The summed E-state index contributed by atoms with van der Waals surface area (Å²) in [5, 5.41) is 14.0. The fourth-order valence-corrected chi connectivity index (χ4v) is 4.56. The lowest BCUT2D eigenvalue weighted by molar-refractivity contribution is 0.150. The maximum Gasteiger partial charge on any atom is 0.114 e. The van der Waals surface area contributed by atoms with Crippen molar-refractivity contribution >= 4 is 28.9 Å². The van der Waals surface area contributed by atoms with Gasteiger partial charge in [-0.1, -0.05) is 42.7 Å². The van der Waals surface area contributed by atoms with Crippen LogP contribution in [0.1, 0.15) is 73.6 Å². The van der Waals surface area contributed by atoms with Crippen LogP contribution in [-0.4, -0.2) is 48.0 Å². The van der Waals surface area contributed by atoms with E-state index in [0.717, 1.165) is 55.0 Å². The van der Waals surface area contributed by atoms with E-state index in [1.54, 1.807) is 0 Å². The van der Waals surface area contributed by atoms with Crippen molar-refractivity contribution in [2.45, 2.75) is 78.9 Å². The van der Waals surface area contributed by atoms with E-state index < -0.39 is 0 Å². The molecular weight excluding hydrogens is 374 g/mol. The van der Waals surface area contributed by atoms with Gasteiger partial charge in [0, 0.05) is 5.25 Å². The summed E-state index contributed by atoms with van der Waals surface area (Å²) in [5.74, 6) is 1.53. The van der Waals surface area contributed by atoms with Crippen LogP contribution in [0.4, 0.5) is 0 Å². The largest absolute Gasteiger partial charge is 0.396 e. The zero-order valence-corrected chi connectivity index (χ0v) is 19.4. The van der Waals surface area contributed by atoms with Gasteiger partial charge < -0.3 is 14.5 Å². The average Bonchev–Trinajstić information content (AvgIpc) is 2.68. The van der Waals surface area contributed by atoms with Crippen LogP contribution in [0.25, 0.3) is 0 Å². The highest BCUT2D eigenvalue weighted by Gasteiger charge is 2.37. The van der Waals surface area contributed by atoms with Gasteiger partial charge in [-0.15, -0.1) is 0 Å². The van der Waals surface area contributed by atoms with E-state index in [-0.39, 0.29) is 5.92 Å². The van der Waals surface area contributed by atoms with E-state index in [2.05, 4.69) is 36.2 Å². The molecule has 7 heteroatoms. The van der Waals surface area contributed by atoms with Crippen LogP contribution in [0.15, 0.2) is 15.5 Å². The summed E-state index contributed by atoms with van der Waals surface area (Å²) in [5.41, 5.74) is 2.96. The number of hydrogen-bond donors (Lipinski definition) is 0. The zero-order chi connectivity index (χ0) is 20.8. The number of thioether (sulfide) groups is 1. The van der Waals surface area contributed by atoms with Crippen molar-refractivity contribution in [3.05, 3.63) is 0 Å². The molecule has 3 unspecified atom stereocenters. The first-order valence-electron chi connectivity index (χ1n) is 10.8. The molecule has 1 aliphatic rings. The van der Waals surface area contributed by atoms with Gasteiger partial charge >= 0.3 is 0 Å². The topological polar surface area (TPSA) is 64.8 Å². The van der Waals surface area contributed by atoms with Gasteiger partial charge in [-0.2, -0.15) is 11.8 Å². The SMILES string of the molecule is CCC/C(=N\OCC)C1/C(=N\OCC)CC(CC(C)SCC)C/C1=N\OCC. The Hall–Kier alpha value is -1.24. The monoisotopic (exact) mass is 413 g/mol. The lowest BCUT2D eigenvalue weighted by Gasteiger charge is -2.32. The van der Waals surface area contributed by atoms with E-state index in [4.69, 9.17) is 14.5 Å². The molecule has 3 atom stereocenters. The molecule has 162 valence electrons. The van der Waals surface area contributed by atoms with E-state index in [0.29, 0.717) is 31.0 Å². The Morgan fingerprint density at radius 3 is 2.00 bits per heavy atom. The molecule has 0 N–H and O–H groups in total. The minimum absolute atomic E-state index is 0.0880. The van der Waals surface area contributed by atoms with E-state index >= 15 is 0 Å². The van der Waals surface area contributed by atoms with Gasteiger partial charge in [0.1, 0.15) is 19.8 Å². The predicted octanol–water partition coefficient (Wildman–Crippen LogP) is 5.52. The van der Waals surface area contributed by atoms with Crippen molar-refractivity contribution in [2.24, 2.45) is 27.3 Å². The van der Waals surface area contributed by atoms with Crippen LogP contribution >= 0.6 is 11.8 Å². The predicted molar refractivity (Wildman–Crippen MR) is 121 cm³/mol. The van der Waals surface area contributed by atoms with Crippen LogP contribution in [-0.2, 0) is 14.5 Å². The van der Waals surface area contributed by atoms with Crippen LogP contribution in [0.2, 0.25) is 0 Å². The molecule has 0 radical (unpaired) electrons. The molecule has 1 saturated carbocycles. The van der Waals surface area contributed by atoms with Crippen LogP contribution in [0.5, 0.6) is 0 Å². The van der Waals surface area contributed by atoms with Gasteiger partial charge in [0.2, 0.25) is 0 Å². The zero-order valence-electron chi connectivity index (χ0n) is 18.6. The third-order valence-corrected chi connectivity index (χ3v) is 5.65. The molecule has 0 aromatic heterocycles. The summed E-state index contributed by atoms with van der Waals surface area (Å²) >= 11 is 2.00. The highest BCUT2D eigenvalue weighted by Crippen LogP contribution is 2.33. The maximum atomic E-state index is 5.48. The second kappa shape index (κ2) is 14.7. The molecule has 1 aliphatic carbocycles. The van der Waals surface area contributed by atoms with Crippen LogP contribution in [0, 0.1) is 11.8 Å². The molecular formula is C21H39N3O3S. The molecule has 0 aliphatic heterocycles. The second-order valence-electron chi connectivity index (χ2n) is 6.96. The first-order valence-corrected chi connectivity index (χ1v) is 11.8. The lowest BCUT2D eigenvalue weighted by Crippen LogP contribution is -2.40. The Labute approximate surface area is 175 Å². The third kappa shape index (κ3) is 8.41. The van der Waals surface area contributed by atoms with E-state index in [9.17, 15) is 0 Å². The van der Waals surface area contributed by atoms with Gasteiger partial charge in [-0.3, -0.25) is 0 Å². The maximum absolute atomic E-state index is 5.48. The highest BCUT2D eigenvalue weighted by molar-refractivity contribution is 7.99. The Morgan fingerprint density at radius 2 is 1.54 bits per heavy atom. The highest BCUT2D eigenvalue weighted by atomic mass is 32.2. The van der Waals surface area contributed by atoms with Gasteiger partial charge in [-0.05, 0) is 58.1 Å². The minimum atomic E-state index is -0.0880. The first kappa shape index (κ1) is 24.8. The Bertz CT molecular complexity index is 497. The summed E-state index contributed by atoms with van der Waals surface area (Å²) in [6.07, 6.45) is 4.76. The van der Waals surface area contributed by atoms with Crippen molar-refractivity contribution in [1.82, 2.24) is 0 Å². The normalized spacial score (nSPS) is 24.4. The summed E-state index contributed by atoms with van der Waals surface area (Å²) in [6, 6.07) is 0. The van der Waals surface area contributed by atoms with Gasteiger partial charge in [0.05, 0.1) is 23.1 Å². The molecule has 0 aromatic rings. The first-order chi connectivity index (χ1) is 13.6. The lowest BCUT2D eigenvalue weighted by atomic mass is 9.74. The minimum Gasteiger partial charge on any atom is -0.396 e. The molecule has 0 aromatic carbocycles. The smallest absolute Gasteiger partial charge is 0.114 e. The quantitative estimate of drug-likeness (QED) is 0.294. The standard InChI is InChI=1S/C21H39N3O3S/c1-7-12-18(22-25-8-2)21-19(23-26-9-3)14-17(13-16(6)28-11-5)15-20(21)24-27-10-4/h16-17,21H,7-15H2,1-6H3/b22-18+,23-19-,24-20+. The molecule has 0 heterocycles. The van der Waals surface area contributed by atoms with Crippen molar-refractivity contribution in [3.8, 4) is 0 Å². The third-order valence-electron chi connectivity index (χ3n) is 4.55. The van der Waals surface area contributed by atoms with E-state index in [1.807, 2.05) is 32.5 Å². The molecule has 28 heavy (non-hydrogen) atoms. The van der Waals surface area contributed by atoms with E-state index in [1.165, 1.54) is 0 Å². The Kier molecular flexibility index (Phi) is 13.0. The molecule has 0 saturated heterocycles. The Morgan fingerprint density at radius 1 is 0.964 bits per heavy atom. The van der Waals surface area contributed by atoms with Crippen molar-refractivity contribution in [1.29, 1.82) is 0 Å². The molecule has 0 bridgehead atoms. The fraction of sp³-hybridized carbons (Fsp3) is 0.857. The molecule has 0 amide bonds. The summed E-state index contributed by atoms with van der Waals surface area (Å²) < 4.78 is 0. The number of hydrogen-bond acceptors (Lipinski definition) is 7. The fourth-order valence-electron chi connectivity index (χ4n) is 3.59. The summed E-state index contributed by atoms with van der Waals surface area (Å²) in [4.78, 5) is 16.4. The summed E-state index contributed by atoms with van der Waals surface area (Å²) in [7, 11) is 0. The molecule has 1 rings (SSSR count). The van der Waals surface area contributed by atoms with Crippen molar-refractivity contribution < 1.29 is 14.5 Å². The van der Waals surface area contributed by atoms with Crippen LogP contribution < -0.4 is 0 Å². The molecule has 6 nitrogen and oxygen atoms in total. The second-order valence-corrected chi connectivity index (χ2v) is 8.68. The number of oxime groups is 3. The molecule has 0 spiro atoms.